The lowest BCUT2D eigenvalue weighted by atomic mass is 10.2. The van der Waals surface area contributed by atoms with E-state index in [2.05, 4.69) is 5.16 Å². The molecular formula is C8H8N2O. The largest absolute Gasteiger partial charge is 0.355 e. The van der Waals surface area contributed by atoms with Crippen molar-refractivity contribution in [3.63, 3.8) is 0 Å². The molecule has 0 bridgehead atoms. The molecule has 0 aliphatic carbocycles. The zero-order valence-corrected chi connectivity index (χ0v) is 6.46. The average Bonchev–Trinajstić information content (AvgIpc) is 2.39. The molecule has 0 N–H and O–H groups in total. The highest BCUT2D eigenvalue weighted by Crippen LogP contribution is 2.13. The van der Waals surface area contributed by atoms with Gasteiger partial charge in [0.2, 0.25) is 0 Å². The molecule has 3 heteroatoms. The van der Waals surface area contributed by atoms with E-state index in [1.165, 1.54) is 0 Å². The van der Waals surface area contributed by atoms with Crippen LogP contribution in [0.4, 0.5) is 0 Å². The van der Waals surface area contributed by atoms with Crippen molar-refractivity contribution < 1.29 is 4.52 Å². The van der Waals surface area contributed by atoms with E-state index in [4.69, 9.17) is 9.78 Å². The molecule has 3 nitrogen and oxygen atoms in total. The summed E-state index contributed by atoms with van der Waals surface area (Å²) in [4.78, 5) is 0. The quantitative estimate of drug-likeness (QED) is 0.571. The maximum absolute atomic E-state index is 8.58. The fraction of sp³-hybridized carbons (Fsp3) is 0.250. The van der Waals surface area contributed by atoms with Gasteiger partial charge >= 0.3 is 0 Å². The predicted octanol–water partition coefficient (Wildman–Crippen LogP) is 1.91. The van der Waals surface area contributed by atoms with Crippen LogP contribution in [0.5, 0.6) is 0 Å². The molecule has 0 saturated heterocycles. The molecule has 1 heterocycles. The third-order valence-corrected chi connectivity index (χ3v) is 1.30. The van der Waals surface area contributed by atoms with Crippen LogP contribution >= 0.6 is 0 Å². The minimum Gasteiger partial charge on any atom is -0.355 e. The Morgan fingerprint density at radius 2 is 2.55 bits per heavy atom. The number of nitriles is 1. The van der Waals surface area contributed by atoms with E-state index in [1.54, 1.807) is 19.1 Å². The van der Waals surface area contributed by atoms with Crippen molar-refractivity contribution in [2.24, 2.45) is 0 Å². The van der Waals surface area contributed by atoms with Crippen molar-refractivity contribution >= 4 is 5.57 Å². The zero-order chi connectivity index (χ0) is 8.27. The van der Waals surface area contributed by atoms with Gasteiger partial charge in [-0.2, -0.15) is 5.26 Å². The summed E-state index contributed by atoms with van der Waals surface area (Å²) in [6.45, 7) is 3.61. The molecule has 0 fully saturated rings. The van der Waals surface area contributed by atoms with Crippen LogP contribution in [0.15, 0.2) is 16.7 Å². The Bertz CT molecular complexity index is 317. The lowest BCUT2D eigenvalue weighted by Crippen LogP contribution is -1.73. The molecule has 56 valence electrons. The van der Waals surface area contributed by atoms with E-state index < -0.39 is 0 Å². The standard InChI is InChI=1S/C8H8N2O/c1-3-7(5-9)8-4-6(2)10-11-8/h3-4H,1-2H3/b7-3+. The van der Waals surface area contributed by atoms with Gasteiger partial charge in [-0.25, -0.2) is 0 Å². The molecule has 1 aromatic rings. The first-order chi connectivity index (χ1) is 5.27. The van der Waals surface area contributed by atoms with Gasteiger partial charge in [0.25, 0.3) is 0 Å². The number of nitrogens with zero attached hydrogens (tertiary/aromatic N) is 2. The number of aryl methyl sites for hydroxylation is 1. The molecule has 0 radical (unpaired) electrons. The van der Waals surface area contributed by atoms with Crippen LogP contribution in [0.25, 0.3) is 5.57 Å². The third-order valence-electron chi connectivity index (χ3n) is 1.30. The smallest absolute Gasteiger partial charge is 0.177 e. The van der Waals surface area contributed by atoms with Crippen LogP contribution in [-0.4, -0.2) is 5.16 Å². The van der Waals surface area contributed by atoms with E-state index in [-0.39, 0.29) is 0 Å². The molecule has 0 amide bonds. The van der Waals surface area contributed by atoms with Gasteiger partial charge in [0.1, 0.15) is 6.07 Å². The first kappa shape index (κ1) is 7.55. The van der Waals surface area contributed by atoms with Crippen molar-refractivity contribution in [1.29, 1.82) is 5.26 Å². The van der Waals surface area contributed by atoms with Crippen LogP contribution in [0.2, 0.25) is 0 Å². The minimum atomic E-state index is 0.519. The molecule has 0 atom stereocenters. The molecule has 0 aliphatic rings. The first-order valence-corrected chi connectivity index (χ1v) is 3.28. The van der Waals surface area contributed by atoms with Crippen molar-refractivity contribution in [2.75, 3.05) is 0 Å². The molecule has 1 aromatic heterocycles. The van der Waals surface area contributed by atoms with Crippen LogP contribution in [0.3, 0.4) is 0 Å². The van der Waals surface area contributed by atoms with Crippen molar-refractivity contribution in [1.82, 2.24) is 5.16 Å². The Morgan fingerprint density at radius 3 is 2.91 bits per heavy atom. The summed E-state index contributed by atoms with van der Waals surface area (Å²) in [6.07, 6.45) is 1.69. The molecule has 0 spiro atoms. The normalized spacial score (nSPS) is 11.2. The van der Waals surface area contributed by atoms with Gasteiger partial charge in [0, 0.05) is 6.07 Å². The lowest BCUT2D eigenvalue weighted by molar-refractivity contribution is 0.406. The van der Waals surface area contributed by atoms with E-state index in [1.807, 2.05) is 13.0 Å². The highest BCUT2D eigenvalue weighted by molar-refractivity contribution is 5.73. The highest BCUT2D eigenvalue weighted by atomic mass is 16.5. The van der Waals surface area contributed by atoms with Crippen LogP contribution in [0, 0.1) is 18.3 Å². The topological polar surface area (TPSA) is 49.8 Å². The number of hydrogen-bond donors (Lipinski definition) is 0. The molecule has 0 aliphatic heterocycles. The molecular weight excluding hydrogens is 140 g/mol. The summed E-state index contributed by atoms with van der Waals surface area (Å²) in [5, 5.41) is 12.2. The predicted molar refractivity (Wildman–Crippen MR) is 40.5 cm³/mol. The van der Waals surface area contributed by atoms with E-state index in [9.17, 15) is 0 Å². The van der Waals surface area contributed by atoms with Gasteiger partial charge in [0.05, 0.1) is 11.3 Å². The second-order valence-electron chi connectivity index (χ2n) is 2.15. The molecule has 1 rings (SSSR count). The van der Waals surface area contributed by atoms with Crippen molar-refractivity contribution in [3.8, 4) is 6.07 Å². The molecule has 0 aromatic carbocycles. The second-order valence-corrected chi connectivity index (χ2v) is 2.15. The lowest BCUT2D eigenvalue weighted by Gasteiger charge is -1.84. The van der Waals surface area contributed by atoms with Gasteiger partial charge in [0.15, 0.2) is 5.76 Å². The fourth-order valence-corrected chi connectivity index (χ4v) is 0.752. The SMILES string of the molecule is C/C=C(\C#N)c1cc(C)no1. The van der Waals surface area contributed by atoms with Gasteiger partial charge in [-0.1, -0.05) is 11.2 Å². The number of aromatic nitrogens is 1. The Kier molecular flexibility index (Phi) is 2.07. The van der Waals surface area contributed by atoms with Crippen LogP contribution in [-0.2, 0) is 0 Å². The van der Waals surface area contributed by atoms with Gasteiger partial charge < -0.3 is 4.52 Å². The zero-order valence-electron chi connectivity index (χ0n) is 6.46. The third kappa shape index (κ3) is 1.47. The number of hydrogen-bond acceptors (Lipinski definition) is 3. The monoisotopic (exact) mass is 148 g/mol. The number of allylic oxidation sites excluding steroid dienone is 2. The fourth-order valence-electron chi connectivity index (χ4n) is 0.752. The summed E-state index contributed by atoms with van der Waals surface area (Å²) in [7, 11) is 0. The van der Waals surface area contributed by atoms with E-state index >= 15 is 0 Å². The second kappa shape index (κ2) is 3.02. The Balaban J connectivity index is 3.03. The van der Waals surface area contributed by atoms with Crippen LogP contribution < -0.4 is 0 Å². The molecule has 0 saturated carbocycles. The van der Waals surface area contributed by atoms with Crippen LogP contribution in [0.1, 0.15) is 18.4 Å². The minimum absolute atomic E-state index is 0.519. The highest BCUT2D eigenvalue weighted by Gasteiger charge is 2.04. The summed E-state index contributed by atoms with van der Waals surface area (Å²) in [6, 6.07) is 3.74. The summed E-state index contributed by atoms with van der Waals surface area (Å²) in [5.74, 6) is 0.535. The molecule has 0 unspecified atom stereocenters. The Labute approximate surface area is 64.9 Å². The van der Waals surface area contributed by atoms with Crippen molar-refractivity contribution in [2.45, 2.75) is 13.8 Å². The van der Waals surface area contributed by atoms with Gasteiger partial charge in [-0.15, -0.1) is 0 Å². The maximum atomic E-state index is 8.58. The first-order valence-electron chi connectivity index (χ1n) is 3.28. The Hall–Kier alpha value is -1.56. The van der Waals surface area contributed by atoms with E-state index in [0.717, 1.165) is 5.69 Å². The average molecular weight is 148 g/mol. The Morgan fingerprint density at radius 1 is 1.82 bits per heavy atom. The van der Waals surface area contributed by atoms with E-state index in [0.29, 0.717) is 11.3 Å². The maximum Gasteiger partial charge on any atom is 0.177 e. The summed E-state index contributed by atoms with van der Waals surface area (Å²) >= 11 is 0. The van der Waals surface area contributed by atoms with Crippen molar-refractivity contribution in [3.05, 3.63) is 23.6 Å². The van der Waals surface area contributed by atoms with Gasteiger partial charge in [-0.05, 0) is 13.8 Å². The number of rotatable bonds is 1. The summed E-state index contributed by atoms with van der Waals surface area (Å²) < 4.78 is 4.87. The van der Waals surface area contributed by atoms with Gasteiger partial charge in [-0.3, -0.25) is 0 Å². The summed E-state index contributed by atoms with van der Waals surface area (Å²) in [5.41, 5.74) is 1.31. The molecule has 11 heavy (non-hydrogen) atoms.